The van der Waals surface area contributed by atoms with Gasteiger partial charge in [0.2, 0.25) is 0 Å². The number of nitriles is 1. The Morgan fingerprint density at radius 1 is 1.15 bits per heavy atom. The molecule has 0 heterocycles. The summed E-state index contributed by atoms with van der Waals surface area (Å²) in [7, 11) is 0. The number of ketones is 1. The van der Waals surface area contributed by atoms with E-state index in [0.29, 0.717) is 21.3 Å². The van der Waals surface area contributed by atoms with Crippen molar-refractivity contribution < 1.29 is 19.1 Å². The molecule has 0 atom stereocenters. The van der Waals surface area contributed by atoms with Gasteiger partial charge >= 0.3 is 5.97 Å². The molecular weight excluding hydrogens is 412 g/mol. The molecule has 2 rings (SSSR count). The first-order valence-electron chi connectivity index (χ1n) is 7.83. The number of esters is 1. The Bertz CT molecular complexity index is 990. The molecule has 27 heavy (non-hydrogen) atoms. The van der Waals surface area contributed by atoms with E-state index < -0.39 is 11.9 Å². The number of carbonyl (C=O) groups is 3. The third kappa shape index (κ3) is 5.36. The van der Waals surface area contributed by atoms with E-state index in [1.807, 2.05) is 6.07 Å². The van der Waals surface area contributed by atoms with E-state index in [0.717, 1.165) is 0 Å². The minimum atomic E-state index is -0.681. The molecule has 0 aromatic heterocycles. The van der Waals surface area contributed by atoms with Crippen molar-refractivity contribution in [1.82, 2.24) is 0 Å². The van der Waals surface area contributed by atoms with Crippen LogP contribution < -0.4 is 10.1 Å². The van der Waals surface area contributed by atoms with Gasteiger partial charge in [0.1, 0.15) is 17.4 Å². The summed E-state index contributed by atoms with van der Waals surface area (Å²) in [6, 6.07) is 13.2. The Morgan fingerprint density at radius 2 is 1.85 bits per heavy atom. The van der Waals surface area contributed by atoms with Gasteiger partial charge in [0, 0.05) is 22.5 Å². The molecule has 0 saturated carbocycles. The number of rotatable bonds is 5. The highest BCUT2D eigenvalue weighted by Crippen LogP contribution is 2.26. The fourth-order valence-electron chi connectivity index (χ4n) is 2.27. The van der Waals surface area contributed by atoms with Crippen LogP contribution in [0.5, 0.6) is 5.75 Å². The Hall–Kier alpha value is -3.24. The van der Waals surface area contributed by atoms with Crippen molar-refractivity contribution in [2.24, 2.45) is 0 Å². The number of carbonyl (C=O) groups excluding carboxylic acids is 3. The van der Waals surface area contributed by atoms with Crippen LogP contribution in [0.3, 0.4) is 0 Å². The van der Waals surface area contributed by atoms with E-state index in [2.05, 4.69) is 21.2 Å². The number of benzene rings is 2. The second-order valence-electron chi connectivity index (χ2n) is 5.50. The van der Waals surface area contributed by atoms with Crippen molar-refractivity contribution in [1.29, 1.82) is 5.26 Å². The average molecular weight is 427 g/mol. The lowest BCUT2D eigenvalue weighted by atomic mass is 10.1. The molecule has 0 spiro atoms. The SMILES string of the molecule is CC(=O)Oc1ccc(Br)cc1/C=C(/C#N)C(=O)Nc1ccccc1C(C)=O. The van der Waals surface area contributed by atoms with Gasteiger partial charge in [-0.05, 0) is 43.3 Å². The van der Waals surface area contributed by atoms with Crippen LogP contribution in [-0.2, 0) is 9.59 Å². The van der Waals surface area contributed by atoms with E-state index >= 15 is 0 Å². The first-order valence-corrected chi connectivity index (χ1v) is 8.62. The predicted octanol–water partition coefficient (Wildman–Crippen LogP) is 4.12. The second kappa shape index (κ2) is 8.92. The molecule has 0 fully saturated rings. The van der Waals surface area contributed by atoms with Crippen molar-refractivity contribution in [3.05, 3.63) is 63.6 Å². The van der Waals surface area contributed by atoms with E-state index in [-0.39, 0.29) is 17.1 Å². The highest BCUT2D eigenvalue weighted by molar-refractivity contribution is 9.10. The highest BCUT2D eigenvalue weighted by Gasteiger charge is 2.15. The van der Waals surface area contributed by atoms with Gasteiger partial charge in [0.05, 0.1) is 5.69 Å². The highest BCUT2D eigenvalue weighted by atomic mass is 79.9. The molecule has 0 aliphatic heterocycles. The van der Waals surface area contributed by atoms with Crippen LogP contribution in [0, 0.1) is 11.3 Å². The lowest BCUT2D eigenvalue weighted by Gasteiger charge is -2.09. The minimum absolute atomic E-state index is 0.208. The number of ether oxygens (including phenoxy) is 1. The van der Waals surface area contributed by atoms with Gasteiger partial charge in [-0.25, -0.2) is 0 Å². The van der Waals surface area contributed by atoms with Crippen LogP contribution >= 0.6 is 15.9 Å². The number of Topliss-reactive ketones (excluding diaryl/α,β-unsaturated/α-hetero) is 1. The molecule has 1 N–H and O–H groups in total. The number of hydrogen-bond donors (Lipinski definition) is 1. The molecule has 1 amide bonds. The van der Waals surface area contributed by atoms with Crippen LogP contribution in [0.25, 0.3) is 6.08 Å². The predicted molar refractivity (Wildman–Crippen MR) is 104 cm³/mol. The summed E-state index contributed by atoms with van der Waals surface area (Å²) < 4.78 is 5.79. The van der Waals surface area contributed by atoms with Crippen LogP contribution in [0.1, 0.15) is 29.8 Å². The summed E-state index contributed by atoms with van der Waals surface area (Å²) in [6.07, 6.45) is 1.31. The summed E-state index contributed by atoms with van der Waals surface area (Å²) in [6.45, 7) is 2.64. The average Bonchev–Trinajstić information content (AvgIpc) is 2.61. The van der Waals surface area contributed by atoms with Gasteiger partial charge in [-0.2, -0.15) is 5.26 Å². The Morgan fingerprint density at radius 3 is 2.48 bits per heavy atom. The maximum Gasteiger partial charge on any atom is 0.308 e. The van der Waals surface area contributed by atoms with E-state index in [4.69, 9.17) is 4.74 Å². The molecule has 2 aromatic rings. The normalized spacial score (nSPS) is 10.7. The summed E-state index contributed by atoms with van der Waals surface area (Å²) in [5, 5.41) is 12.0. The Balaban J connectivity index is 2.39. The minimum Gasteiger partial charge on any atom is -0.426 e. The van der Waals surface area contributed by atoms with Crippen molar-refractivity contribution in [3.63, 3.8) is 0 Å². The first kappa shape index (κ1) is 20.1. The molecule has 7 heteroatoms. The monoisotopic (exact) mass is 426 g/mol. The molecule has 0 unspecified atom stereocenters. The van der Waals surface area contributed by atoms with Crippen LogP contribution in [0.2, 0.25) is 0 Å². The maximum atomic E-state index is 12.5. The molecular formula is C20H15BrN2O4. The molecule has 2 aromatic carbocycles. The zero-order chi connectivity index (χ0) is 20.0. The third-order valence-corrected chi connectivity index (χ3v) is 3.94. The lowest BCUT2D eigenvalue weighted by Crippen LogP contribution is -2.15. The van der Waals surface area contributed by atoms with Gasteiger partial charge in [-0.1, -0.05) is 28.1 Å². The molecule has 0 saturated heterocycles. The maximum absolute atomic E-state index is 12.5. The van der Waals surface area contributed by atoms with Gasteiger partial charge in [0.25, 0.3) is 5.91 Å². The number of nitrogens with zero attached hydrogens (tertiary/aromatic N) is 1. The fourth-order valence-corrected chi connectivity index (χ4v) is 2.65. The molecule has 0 bridgehead atoms. The summed E-state index contributed by atoms with van der Waals surface area (Å²) in [5.74, 6) is -1.20. The van der Waals surface area contributed by atoms with E-state index in [9.17, 15) is 19.6 Å². The number of halogens is 1. The topological polar surface area (TPSA) is 96.3 Å². The smallest absolute Gasteiger partial charge is 0.308 e. The third-order valence-electron chi connectivity index (χ3n) is 3.44. The second-order valence-corrected chi connectivity index (χ2v) is 6.42. The number of anilines is 1. The Kier molecular flexibility index (Phi) is 6.63. The first-order chi connectivity index (χ1) is 12.8. The summed E-state index contributed by atoms with van der Waals surface area (Å²) >= 11 is 3.30. The number of para-hydroxylation sites is 1. The van der Waals surface area contributed by atoms with Crippen molar-refractivity contribution in [2.45, 2.75) is 13.8 Å². The quantitative estimate of drug-likeness (QED) is 0.255. The molecule has 0 radical (unpaired) electrons. The largest absolute Gasteiger partial charge is 0.426 e. The van der Waals surface area contributed by atoms with Crippen molar-refractivity contribution in [3.8, 4) is 11.8 Å². The van der Waals surface area contributed by atoms with Gasteiger partial charge < -0.3 is 10.1 Å². The van der Waals surface area contributed by atoms with Gasteiger partial charge in [0.15, 0.2) is 5.78 Å². The zero-order valence-corrected chi connectivity index (χ0v) is 16.2. The van der Waals surface area contributed by atoms with Gasteiger partial charge in [-0.3, -0.25) is 14.4 Å². The van der Waals surface area contributed by atoms with Crippen LogP contribution in [-0.4, -0.2) is 17.7 Å². The summed E-state index contributed by atoms with van der Waals surface area (Å²) in [5.41, 5.74) is 0.822. The molecule has 136 valence electrons. The van der Waals surface area contributed by atoms with E-state index in [1.165, 1.54) is 19.9 Å². The number of amides is 1. The molecule has 0 aliphatic carbocycles. The number of nitrogens with one attached hydrogen (secondary N) is 1. The van der Waals surface area contributed by atoms with Crippen LogP contribution in [0.15, 0.2) is 52.5 Å². The molecule has 6 nitrogen and oxygen atoms in total. The Labute approximate surface area is 164 Å². The zero-order valence-electron chi connectivity index (χ0n) is 14.6. The van der Waals surface area contributed by atoms with Crippen molar-refractivity contribution >= 4 is 45.4 Å². The fraction of sp³-hybridized carbons (Fsp3) is 0.100. The standard InChI is InChI=1S/C20H15BrN2O4/c1-12(24)17-5-3-4-6-18(17)23-20(26)15(11-22)9-14-10-16(21)7-8-19(14)27-13(2)25/h3-10H,1-2H3,(H,23,26)/b15-9-. The van der Waals surface area contributed by atoms with Gasteiger partial charge in [-0.15, -0.1) is 0 Å². The summed E-state index contributed by atoms with van der Waals surface area (Å²) in [4.78, 5) is 35.4. The lowest BCUT2D eigenvalue weighted by molar-refractivity contribution is -0.131. The molecule has 0 aliphatic rings. The van der Waals surface area contributed by atoms with E-state index in [1.54, 1.807) is 42.5 Å². The van der Waals surface area contributed by atoms with Crippen molar-refractivity contribution in [2.75, 3.05) is 5.32 Å². The number of hydrogen-bond acceptors (Lipinski definition) is 5. The van der Waals surface area contributed by atoms with Crippen LogP contribution in [0.4, 0.5) is 5.69 Å².